The third kappa shape index (κ3) is 4.08. The summed E-state index contributed by atoms with van der Waals surface area (Å²) in [7, 11) is 1.26. The van der Waals surface area contributed by atoms with E-state index in [1.165, 1.54) is 25.3 Å². The van der Waals surface area contributed by atoms with E-state index in [9.17, 15) is 27.6 Å². The summed E-state index contributed by atoms with van der Waals surface area (Å²) in [4.78, 5) is 37.4. The Morgan fingerprint density at radius 2 is 1.69 bits per heavy atom. The molecule has 9 heteroatoms. The van der Waals surface area contributed by atoms with E-state index in [1.54, 1.807) is 12.1 Å². The Balaban J connectivity index is 1.94. The fourth-order valence-corrected chi connectivity index (χ4v) is 3.01. The van der Waals surface area contributed by atoms with Gasteiger partial charge in [0.1, 0.15) is 0 Å². The van der Waals surface area contributed by atoms with Crippen molar-refractivity contribution in [1.29, 1.82) is 0 Å². The predicted molar refractivity (Wildman–Crippen MR) is 98.8 cm³/mol. The molecule has 1 N–H and O–H groups in total. The molecule has 0 aromatic heterocycles. The zero-order valence-electron chi connectivity index (χ0n) is 15.4. The first-order valence-electron chi connectivity index (χ1n) is 8.74. The monoisotopic (exact) mass is 406 g/mol. The molecule has 1 heterocycles. The smallest absolute Gasteiger partial charge is 0.416 e. The number of carbonyl (C=O) groups is 3. The minimum atomic E-state index is -4.64. The minimum Gasteiger partial charge on any atom is -0.469 e. The summed E-state index contributed by atoms with van der Waals surface area (Å²) in [6.45, 7) is 0.233. The first-order valence-corrected chi connectivity index (χ1v) is 8.74. The van der Waals surface area contributed by atoms with Crippen LogP contribution in [0.25, 0.3) is 0 Å². The molecule has 2 aromatic carbocycles. The van der Waals surface area contributed by atoms with E-state index in [2.05, 4.69) is 10.1 Å². The van der Waals surface area contributed by atoms with Gasteiger partial charge in [0.05, 0.1) is 35.2 Å². The Morgan fingerprint density at radius 1 is 1.07 bits per heavy atom. The molecule has 2 amide bonds. The Kier molecular flexibility index (Phi) is 5.58. The molecule has 6 nitrogen and oxygen atoms in total. The van der Waals surface area contributed by atoms with Crippen LogP contribution in [0, 0.1) is 0 Å². The molecule has 1 aliphatic rings. The fraction of sp³-hybridized carbons (Fsp3) is 0.250. The summed E-state index contributed by atoms with van der Waals surface area (Å²) in [6.07, 6.45) is -4.17. The van der Waals surface area contributed by atoms with Crippen molar-refractivity contribution in [2.45, 2.75) is 19.0 Å². The van der Waals surface area contributed by atoms with Gasteiger partial charge < -0.3 is 10.1 Å². The Labute approximate surface area is 164 Å². The summed E-state index contributed by atoms with van der Waals surface area (Å²) in [5, 5.41) is 2.89. The average Bonchev–Trinajstić information content (AvgIpc) is 2.95. The molecule has 3 rings (SSSR count). The number of fused-ring (bicyclic) bond motifs is 1. The van der Waals surface area contributed by atoms with Gasteiger partial charge in [-0.2, -0.15) is 13.2 Å². The molecule has 0 saturated carbocycles. The molecule has 0 spiro atoms. The normalized spacial score (nSPS) is 13.4. The van der Waals surface area contributed by atoms with Crippen LogP contribution in [-0.4, -0.2) is 31.4 Å². The Morgan fingerprint density at radius 3 is 2.24 bits per heavy atom. The van der Waals surface area contributed by atoms with Gasteiger partial charge in [0, 0.05) is 13.0 Å². The van der Waals surface area contributed by atoms with Crippen LogP contribution in [-0.2, 0) is 15.7 Å². The molecule has 0 bridgehead atoms. The van der Waals surface area contributed by atoms with Crippen molar-refractivity contribution in [3.05, 3.63) is 59.2 Å². The lowest BCUT2D eigenvalue weighted by Crippen LogP contribution is -2.30. The number of methoxy groups -OCH3 is 1. The first kappa shape index (κ1) is 20.4. The fourth-order valence-electron chi connectivity index (χ4n) is 3.01. The number of alkyl halides is 3. The zero-order valence-corrected chi connectivity index (χ0v) is 15.4. The lowest BCUT2D eigenvalue weighted by Gasteiger charge is -2.21. The number of nitrogens with zero attached hydrogens (tertiary/aromatic N) is 1. The number of anilines is 2. The molecule has 0 radical (unpaired) electrons. The van der Waals surface area contributed by atoms with E-state index in [1.807, 2.05) is 0 Å². The maximum absolute atomic E-state index is 13.2. The van der Waals surface area contributed by atoms with Gasteiger partial charge in [-0.15, -0.1) is 0 Å². The second kappa shape index (κ2) is 7.94. The highest BCUT2D eigenvalue weighted by Gasteiger charge is 2.39. The third-order valence-corrected chi connectivity index (χ3v) is 4.46. The lowest BCUT2D eigenvalue weighted by atomic mass is 10.1. The van der Waals surface area contributed by atoms with E-state index in [0.717, 1.165) is 17.0 Å². The largest absolute Gasteiger partial charge is 0.469 e. The highest BCUT2D eigenvalue weighted by molar-refractivity contribution is 6.35. The summed E-state index contributed by atoms with van der Waals surface area (Å²) < 4.78 is 44.2. The highest BCUT2D eigenvalue weighted by atomic mass is 19.4. The Hall–Kier alpha value is -3.36. The van der Waals surface area contributed by atoms with Crippen LogP contribution in [0.4, 0.5) is 24.5 Å². The van der Waals surface area contributed by atoms with Crippen molar-refractivity contribution < 1.29 is 32.3 Å². The maximum Gasteiger partial charge on any atom is 0.416 e. The maximum atomic E-state index is 13.2. The molecule has 0 aliphatic carbocycles. The van der Waals surface area contributed by atoms with Gasteiger partial charge >= 0.3 is 12.1 Å². The van der Waals surface area contributed by atoms with E-state index in [4.69, 9.17) is 0 Å². The summed E-state index contributed by atoms with van der Waals surface area (Å²) in [5.74, 6) is -1.80. The van der Waals surface area contributed by atoms with Crippen LogP contribution in [0.2, 0.25) is 0 Å². The molecule has 0 fully saturated rings. The molecular formula is C20H17F3N2O4. The average molecular weight is 406 g/mol. The van der Waals surface area contributed by atoms with Gasteiger partial charge in [-0.3, -0.25) is 14.4 Å². The molecule has 0 atom stereocenters. The quantitative estimate of drug-likeness (QED) is 0.448. The van der Waals surface area contributed by atoms with Crippen LogP contribution >= 0.6 is 0 Å². The topological polar surface area (TPSA) is 75.7 Å². The summed E-state index contributed by atoms with van der Waals surface area (Å²) >= 11 is 0. The molecule has 1 aliphatic heterocycles. The van der Waals surface area contributed by atoms with Gasteiger partial charge in [-0.25, -0.2) is 4.90 Å². The number of amides is 2. The summed E-state index contributed by atoms with van der Waals surface area (Å²) in [6, 6.07) is 8.85. The van der Waals surface area contributed by atoms with Crippen LogP contribution in [0.15, 0.2) is 42.5 Å². The van der Waals surface area contributed by atoms with Crippen molar-refractivity contribution in [2.24, 2.45) is 0 Å². The standard InChI is InChI=1S/C20H17F3N2O4/c1-29-17(26)7-4-10-24-15-9-8-12(20(21,22)23)11-16(15)25-18(27)13-5-2-3-6-14(13)19(25)28/h2-3,5-6,8-9,11,24H,4,7,10H2,1H3. The second-order valence-corrected chi connectivity index (χ2v) is 6.33. The number of rotatable bonds is 6. The van der Waals surface area contributed by atoms with Gasteiger partial charge in [-0.1, -0.05) is 12.1 Å². The molecule has 152 valence electrons. The van der Waals surface area contributed by atoms with Crippen molar-refractivity contribution in [3.63, 3.8) is 0 Å². The minimum absolute atomic E-state index is 0.118. The first-order chi connectivity index (χ1) is 13.7. The van der Waals surface area contributed by atoms with Crippen LogP contribution in [0.5, 0.6) is 0 Å². The van der Waals surface area contributed by atoms with Crippen molar-refractivity contribution in [1.82, 2.24) is 0 Å². The van der Waals surface area contributed by atoms with Gasteiger partial charge in [0.15, 0.2) is 0 Å². The molecule has 2 aromatic rings. The number of benzene rings is 2. The molecular weight excluding hydrogens is 389 g/mol. The van der Waals surface area contributed by atoms with E-state index < -0.39 is 29.5 Å². The van der Waals surface area contributed by atoms with Crippen molar-refractivity contribution in [3.8, 4) is 0 Å². The van der Waals surface area contributed by atoms with Crippen molar-refractivity contribution >= 4 is 29.2 Å². The number of carbonyl (C=O) groups excluding carboxylic acids is 3. The summed E-state index contributed by atoms with van der Waals surface area (Å²) in [5.41, 5.74) is -0.733. The van der Waals surface area contributed by atoms with E-state index in [0.29, 0.717) is 6.42 Å². The SMILES string of the molecule is COC(=O)CCCNc1ccc(C(F)(F)F)cc1N1C(=O)c2ccccc2C1=O. The van der Waals surface area contributed by atoms with Gasteiger partial charge in [0.25, 0.3) is 11.8 Å². The van der Waals surface area contributed by atoms with Crippen LogP contribution < -0.4 is 10.2 Å². The number of imide groups is 1. The van der Waals surface area contributed by atoms with E-state index >= 15 is 0 Å². The number of hydrogen-bond donors (Lipinski definition) is 1. The molecule has 29 heavy (non-hydrogen) atoms. The van der Waals surface area contributed by atoms with Crippen LogP contribution in [0.3, 0.4) is 0 Å². The number of ether oxygens (including phenoxy) is 1. The van der Waals surface area contributed by atoms with Gasteiger partial charge in [0.2, 0.25) is 0 Å². The molecule has 0 saturated heterocycles. The number of halogens is 3. The third-order valence-electron chi connectivity index (χ3n) is 4.46. The molecule has 0 unspecified atom stereocenters. The number of hydrogen-bond acceptors (Lipinski definition) is 5. The number of esters is 1. The predicted octanol–water partition coefficient (Wildman–Crippen LogP) is 3.87. The van der Waals surface area contributed by atoms with Gasteiger partial charge in [-0.05, 0) is 36.8 Å². The second-order valence-electron chi connectivity index (χ2n) is 6.33. The Bertz CT molecular complexity index is 937. The lowest BCUT2D eigenvalue weighted by molar-refractivity contribution is -0.140. The van der Waals surface area contributed by atoms with Crippen LogP contribution in [0.1, 0.15) is 39.1 Å². The van der Waals surface area contributed by atoms with Crippen molar-refractivity contribution in [2.75, 3.05) is 23.9 Å². The van der Waals surface area contributed by atoms with E-state index in [-0.39, 0.29) is 35.5 Å². The highest BCUT2D eigenvalue weighted by Crippen LogP contribution is 2.38. The zero-order chi connectivity index (χ0) is 21.2. The number of nitrogens with one attached hydrogen (secondary N) is 1.